The number of likely N-dealkylation sites (N-methyl/N-ethyl adjacent to an activating group) is 1. The van der Waals surface area contributed by atoms with Crippen molar-refractivity contribution in [3.8, 4) is 17.6 Å². The molecule has 37 heavy (non-hydrogen) atoms. The molecule has 1 amide bonds. The zero-order valence-electron chi connectivity index (χ0n) is 21.9. The first-order chi connectivity index (χ1) is 17.4. The van der Waals surface area contributed by atoms with Crippen LogP contribution in [-0.2, 0) is 10.0 Å². The Hall–Kier alpha value is -2.93. The summed E-state index contributed by atoms with van der Waals surface area (Å²) in [6, 6.07) is 9.82. The lowest BCUT2D eigenvalue weighted by molar-refractivity contribution is 0.0560. The normalized spacial score (nSPS) is 20.0. The summed E-state index contributed by atoms with van der Waals surface area (Å²) in [7, 11) is -2.43. The van der Waals surface area contributed by atoms with Crippen LogP contribution in [0.1, 0.15) is 50.0 Å². The number of carbonyl (C=O) groups excluding carboxylic acids is 1. The highest BCUT2D eigenvalue weighted by molar-refractivity contribution is 7.89. The molecule has 0 aliphatic carbocycles. The third-order valence-electron chi connectivity index (χ3n) is 6.31. The highest BCUT2D eigenvalue weighted by Crippen LogP contribution is 2.34. The van der Waals surface area contributed by atoms with Gasteiger partial charge in [-0.05, 0) is 43.2 Å². The number of ether oxygens (including phenoxy) is 1. The molecule has 0 unspecified atom stereocenters. The molecule has 0 radical (unpaired) electrons. The monoisotopic (exact) mass is 530 g/mol. The molecule has 0 aromatic heterocycles. The Balaban J connectivity index is 2.01. The van der Waals surface area contributed by atoms with Crippen LogP contribution in [0.3, 0.4) is 0 Å². The first-order valence-corrected chi connectivity index (χ1v) is 13.8. The van der Waals surface area contributed by atoms with E-state index >= 15 is 0 Å². The van der Waals surface area contributed by atoms with Gasteiger partial charge in [-0.15, -0.1) is 0 Å². The lowest BCUT2D eigenvalue weighted by Gasteiger charge is -2.37. The Labute approximate surface area is 219 Å². The predicted octanol–water partition coefficient (Wildman–Crippen LogP) is 3.76. The van der Waals surface area contributed by atoms with Crippen LogP contribution in [0.5, 0.6) is 5.75 Å². The average molecular weight is 531 g/mol. The van der Waals surface area contributed by atoms with Crippen molar-refractivity contribution in [2.45, 2.75) is 51.2 Å². The number of nitrogens with zero attached hydrogens (tertiary/aromatic N) is 2. The minimum atomic E-state index is -3.98. The molecule has 1 N–H and O–H groups in total. The van der Waals surface area contributed by atoms with E-state index in [-0.39, 0.29) is 41.8 Å². The minimum absolute atomic E-state index is 0.0257. The van der Waals surface area contributed by atoms with Crippen molar-refractivity contribution in [3.63, 3.8) is 0 Å². The summed E-state index contributed by atoms with van der Waals surface area (Å²) in [5.74, 6) is 5.22. The summed E-state index contributed by atoms with van der Waals surface area (Å²) in [5, 5.41) is 9.79. The summed E-state index contributed by atoms with van der Waals surface area (Å²) < 4.78 is 49.0. The highest BCUT2D eigenvalue weighted by atomic mass is 32.2. The number of carbonyl (C=O) groups is 1. The van der Waals surface area contributed by atoms with Crippen molar-refractivity contribution in [1.29, 1.82) is 0 Å². The number of rotatable bonds is 6. The Morgan fingerprint density at radius 1 is 1.24 bits per heavy atom. The summed E-state index contributed by atoms with van der Waals surface area (Å²) in [6.07, 6.45) is 0.0860. The number of hydrogen-bond donors (Lipinski definition) is 1. The van der Waals surface area contributed by atoms with Gasteiger partial charge in [-0.2, -0.15) is 4.31 Å². The van der Waals surface area contributed by atoms with Crippen LogP contribution in [-0.4, -0.2) is 67.5 Å². The zero-order valence-corrected chi connectivity index (χ0v) is 22.8. The van der Waals surface area contributed by atoms with Gasteiger partial charge in [-0.1, -0.05) is 44.7 Å². The maximum Gasteiger partial charge on any atom is 0.256 e. The first-order valence-electron chi connectivity index (χ1n) is 12.4. The van der Waals surface area contributed by atoms with Gasteiger partial charge >= 0.3 is 0 Å². The van der Waals surface area contributed by atoms with Crippen LogP contribution >= 0.6 is 0 Å². The van der Waals surface area contributed by atoms with Gasteiger partial charge in [-0.25, -0.2) is 12.8 Å². The number of halogens is 1. The number of benzene rings is 2. The number of fused-ring (bicyclic) bond motifs is 1. The maximum atomic E-state index is 14.2. The highest BCUT2D eigenvalue weighted by Gasteiger charge is 2.38. The molecule has 0 fully saturated rings. The Morgan fingerprint density at radius 2 is 1.95 bits per heavy atom. The van der Waals surface area contributed by atoms with Gasteiger partial charge in [0.2, 0.25) is 10.0 Å². The molecule has 0 bridgehead atoms. The molecule has 3 rings (SSSR count). The molecule has 0 saturated heterocycles. The zero-order chi connectivity index (χ0) is 27.3. The average Bonchev–Trinajstić information content (AvgIpc) is 2.85. The van der Waals surface area contributed by atoms with Gasteiger partial charge in [0.15, 0.2) is 0 Å². The second-order valence-electron chi connectivity index (χ2n) is 9.97. The minimum Gasteiger partial charge on any atom is -0.487 e. The molecule has 2 aromatic rings. The summed E-state index contributed by atoms with van der Waals surface area (Å²) in [4.78, 5) is 14.3. The van der Waals surface area contributed by atoms with E-state index in [1.165, 1.54) is 33.5 Å². The van der Waals surface area contributed by atoms with Crippen LogP contribution in [0.15, 0.2) is 47.4 Å². The van der Waals surface area contributed by atoms with E-state index in [1.807, 2.05) is 6.92 Å². The Morgan fingerprint density at radius 3 is 2.59 bits per heavy atom. The van der Waals surface area contributed by atoms with E-state index in [1.54, 1.807) is 32.2 Å². The van der Waals surface area contributed by atoms with Crippen molar-refractivity contribution in [1.82, 2.24) is 9.21 Å². The molecular weight excluding hydrogens is 495 g/mol. The number of sulfonamides is 1. The second kappa shape index (κ2) is 12.1. The van der Waals surface area contributed by atoms with Gasteiger partial charge < -0.3 is 14.7 Å². The number of amides is 1. The topological polar surface area (TPSA) is 87.2 Å². The summed E-state index contributed by atoms with van der Waals surface area (Å²) >= 11 is 0. The third kappa shape index (κ3) is 6.69. The van der Waals surface area contributed by atoms with E-state index < -0.39 is 33.9 Å². The van der Waals surface area contributed by atoms with E-state index in [9.17, 15) is 22.7 Å². The lowest BCUT2D eigenvalue weighted by atomic mass is 10.0. The van der Waals surface area contributed by atoms with E-state index in [2.05, 4.69) is 25.7 Å². The Kier molecular flexibility index (Phi) is 9.35. The second-order valence-corrected chi connectivity index (χ2v) is 11.8. The number of aliphatic hydroxyl groups is 1. The fourth-order valence-corrected chi connectivity index (χ4v) is 5.90. The molecule has 0 spiro atoms. The lowest BCUT2D eigenvalue weighted by Crippen LogP contribution is -2.50. The standard InChI is InChI=1S/C28H35FN2O5S/c1-19(2)9-8-10-22-13-14-27-25(15-22)36-26(20(3)16-31(21(4)18-32)37(27,34)35)17-30(5)28(33)23-11-6-7-12-24(23)29/h6-7,11-15,19-21,26,32H,9,16-18H2,1-5H3/t20-,21+,26-/m1/s1. The third-order valence-corrected chi connectivity index (χ3v) is 8.33. The van der Waals surface area contributed by atoms with Crippen LogP contribution in [0.25, 0.3) is 0 Å². The van der Waals surface area contributed by atoms with Gasteiger partial charge in [-0.3, -0.25) is 4.79 Å². The smallest absolute Gasteiger partial charge is 0.256 e. The van der Waals surface area contributed by atoms with Gasteiger partial charge in [0.05, 0.1) is 18.7 Å². The van der Waals surface area contributed by atoms with Crippen LogP contribution in [0, 0.1) is 29.5 Å². The first kappa shape index (κ1) is 28.6. The molecule has 0 saturated carbocycles. The molecule has 1 aliphatic rings. The quantitative estimate of drug-likeness (QED) is 0.575. The fourth-order valence-electron chi connectivity index (χ4n) is 4.07. The van der Waals surface area contributed by atoms with E-state index in [0.717, 1.165) is 0 Å². The van der Waals surface area contributed by atoms with Crippen LogP contribution in [0.2, 0.25) is 0 Å². The SMILES string of the molecule is CC(C)CC#Cc1ccc2c(c1)O[C@H](CN(C)C(=O)c1ccccc1F)[C@H](C)CN([C@@H](C)CO)S2(=O)=O. The molecule has 7 nitrogen and oxygen atoms in total. The predicted molar refractivity (Wildman–Crippen MR) is 140 cm³/mol. The van der Waals surface area contributed by atoms with Crippen molar-refractivity contribution < 1.29 is 27.4 Å². The van der Waals surface area contributed by atoms with Gasteiger partial charge in [0.25, 0.3) is 5.91 Å². The summed E-state index contributed by atoms with van der Waals surface area (Å²) in [5.41, 5.74) is 0.559. The Bertz CT molecular complexity index is 1280. The molecular formula is C28H35FN2O5S. The van der Waals surface area contributed by atoms with Crippen LogP contribution < -0.4 is 4.74 Å². The van der Waals surface area contributed by atoms with Crippen molar-refractivity contribution in [3.05, 3.63) is 59.4 Å². The van der Waals surface area contributed by atoms with Crippen molar-refractivity contribution >= 4 is 15.9 Å². The molecule has 3 atom stereocenters. The van der Waals surface area contributed by atoms with E-state index in [0.29, 0.717) is 17.9 Å². The number of hydrogen-bond acceptors (Lipinski definition) is 5. The number of aliphatic hydroxyl groups excluding tert-OH is 1. The molecule has 1 heterocycles. The fraction of sp³-hybridized carbons (Fsp3) is 0.464. The van der Waals surface area contributed by atoms with Gasteiger partial charge in [0, 0.05) is 37.5 Å². The van der Waals surface area contributed by atoms with Crippen molar-refractivity contribution in [2.75, 3.05) is 26.7 Å². The molecule has 1 aliphatic heterocycles. The van der Waals surface area contributed by atoms with E-state index in [4.69, 9.17) is 4.74 Å². The van der Waals surface area contributed by atoms with Crippen molar-refractivity contribution in [2.24, 2.45) is 11.8 Å². The largest absolute Gasteiger partial charge is 0.487 e. The van der Waals surface area contributed by atoms with Gasteiger partial charge in [0.1, 0.15) is 22.6 Å². The molecule has 2 aromatic carbocycles. The summed E-state index contributed by atoms with van der Waals surface area (Å²) in [6.45, 7) is 7.41. The molecule has 200 valence electrons. The molecule has 9 heteroatoms. The maximum absolute atomic E-state index is 14.2. The van der Waals surface area contributed by atoms with Crippen LogP contribution in [0.4, 0.5) is 4.39 Å².